The zero-order chi connectivity index (χ0) is 21.1. The Hall–Kier alpha value is -3.68. The number of ether oxygens (including phenoxy) is 1. The van der Waals surface area contributed by atoms with Crippen molar-refractivity contribution in [2.75, 3.05) is 23.3 Å². The van der Waals surface area contributed by atoms with Gasteiger partial charge in [0.2, 0.25) is 0 Å². The summed E-state index contributed by atoms with van der Waals surface area (Å²) in [7, 11) is 0. The van der Waals surface area contributed by atoms with E-state index in [1.807, 2.05) is 6.07 Å². The highest BCUT2D eigenvalue weighted by Crippen LogP contribution is 2.34. The Labute approximate surface area is 171 Å². The summed E-state index contributed by atoms with van der Waals surface area (Å²) in [5.41, 5.74) is 3.37. The molecule has 1 aromatic heterocycles. The van der Waals surface area contributed by atoms with Gasteiger partial charge in [0, 0.05) is 37.0 Å². The van der Waals surface area contributed by atoms with Gasteiger partial charge in [0.15, 0.2) is 0 Å². The largest absolute Gasteiger partial charge is 0.478 e. The Morgan fingerprint density at radius 2 is 1.93 bits per heavy atom. The van der Waals surface area contributed by atoms with Crippen LogP contribution in [0.5, 0.6) is 5.75 Å². The summed E-state index contributed by atoms with van der Waals surface area (Å²) >= 11 is 0. The number of alkyl halides is 2. The van der Waals surface area contributed by atoms with E-state index in [0.717, 1.165) is 16.8 Å². The van der Waals surface area contributed by atoms with E-state index in [0.29, 0.717) is 31.0 Å². The number of hydrogen-bond donors (Lipinski definition) is 2. The lowest BCUT2D eigenvalue weighted by Gasteiger charge is -2.32. The number of aromatic nitrogens is 1. The standard InChI is InChI=1S/C22H19F2N3O3/c23-22(24)30-19-4-2-1-3-16(19)13-27-10-9-25-20-18(27)11-17(12-26-20)14-5-7-15(8-6-14)21(28)29/h1-8,11-12,22H,9-10,13H2,(H,25,26)(H,28,29). The SMILES string of the molecule is O=C(O)c1ccc(-c2cnc3c(c2)N(Cc2ccccc2OC(F)F)CCN3)cc1. The normalized spacial score (nSPS) is 13.0. The van der Waals surface area contributed by atoms with Gasteiger partial charge in [0.05, 0.1) is 11.3 Å². The van der Waals surface area contributed by atoms with E-state index in [1.54, 1.807) is 48.7 Å². The molecular weight excluding hydrogens is 392 g/mol. The molecule has 0 saturated carbocycles. The zero-order valence-corrected chi connectivity index (χ0v) is 15.9. The summed E-state index contributed by atoms with van der Waals surface area (Å²) < 4.78 is 30.1. The smallest absolute Gasteiger partial charge is 0.387 e. The number of anilines is 2. The molecule has 1 aliphatic heterocycles. The maximum Gasteiger partial charge on any atom is 0.387 e. The summed E-state index contributed by atoms with van der Waals surface area (Å²) in [6.45, 7) is -1.16. The van der Waals surface area contributed by atoms with Gasteiger partial charge >= 0.3 is 12.6 Å². The second-order valence-corrected chi connectivity index (χ2v) is 6.81. The van der Waals surface area contributed by atoms with Crippen LogP contribution >= 0.6 is 0 Å². The van der Waals surface area contributed by atoms with Crippen LogP contribution in [0.1, 0.15) is 15.9 Å². The highest BCUT2D eigenvalue weighted by Gasteiger charge is 2.21. The molecule has 0 atom stereocenters. The van der Waals surface area contributed by atoms with Gasteiger partial charge in [-0.15, -0.1) is 0 Å². The van der Waals surface area contributed by atoms with Gasteiger partial charge < -0.3 is 20.1 Å². The predicted octanol–water partition coefficient (Wildman–Crippen LogP) is 4.48. The van der Waals surface area contributed by atoms with Crippen LogP contribution in [0, 0.1) is 0 Å². The molecule has 154 valence electrons. The first-order valence-electron chi connectivity index (χ1n) is 9.36. The first-order chi connectivity index (χ1) is 14.5. The third-order valence-corrected chi connectivity index (χ3v) is 4.90. The topological polar surface area (TPSA) is 74.7 Å². The fourth-order valence-corrected chi connectivity index (χ4v) is 3.44. The molecule has 6 nitrogen and oxygen atoms in total. The molecule has 2 aromatic carbocycles. The number of hydrogen-bond acceptors (Lipinski definition) is 5. The quantitative estimate of drug-likeness (QED) is 0.623. The van der Waals surface area contributed by atoms with E-state index in [1.165, 1.54) is 6.07 Å². The zero-order valence-electron chi connectivity index (χ0n) is 15.9. The number of nitrogens with one attached hydrogen (secondary N) is 1. The van der Waals surface area contributed by atoms with Crippen LogP contribution in [0.15, 0.2) is 60.8 Å². The Morgan fingerprint density at radius 3 is 2.67 bits per heavy atom. The van der Waals surface area contributed by atoms with Crippen molar-refractivity contribution in [3.63, 3.8) is 0 Å². The van der Waals surface area contributed by atoms with Gasteiger partial charge in [0.1, 0.15) is 11.6 Å². The molecule has 4 rings (SSSR count). The molecule has 0 radical (unpaired) electrons. The number of para-hydroxylation sites is 1. The van der Waals surface area contributed by atoms with Crippen molar-refractivity contribution in [2.45, 2.75) is 13.2 Å². The van der Waals surface area contributed by atoms with Crippen LogP contribution in [0.2, 0.25) is 0 Å². The first kappa shape index (κ1) is 19.6. The lowest BCUT2D eigenvalue weighted by molar-refractivity contribution is -0.0504. The van der Waals surface area contributed by atoms with Crippen molar-refractivity contribution in [3.8, 4) is 16.9 Å². The predicted molar refractivity (Wildman–Crippen MR) is 109 cm³/mol. The molecule has 1 aliphatic rings. The first-order valence-corrected chi connectivity index (χ1v) is 9.36. The van der Waals surface area contributed by atoms with Crippen molar-refractivity contribution in [1.29, 1.82) is 0 Å². The van der Waals surface area contributed by atoms with Gasteiger partial charge in [0.25, 0.3) is 0 Å². The molecular formula is C22H19F2N3O3. The summed E-state index contributed by atoms with van der Waals surface area (Å²) in [6, 6.07) is 15.3. The van der Waals surface area contributed by atoms with Crippen LogP contribution in [-0.4, -0.2) is 35.8 Å². The van der Waals surface area contributed by atoms with Gasteiger partial charge in [-0.3, -0.25) is 0 Å². The number of carboxylic acid groups (broad SMARTS) is 1. The third-order valence-electron chi connectivity index (χ3n) is 4.90. The molecule has 2 heterocycles. The second kappa shape index (κ2) is 8.36. The highest BCUT2D eigenvalue weighted by molar-refractivity contribution is 5.88. The number of fused-ring (bicyclic) bond motifs is 1. The van der Waals surface area contributed by atoms with E-state index >= 15 is 0 Å². The number of pyridine rings is 1. The lowest BCUT2D eigenvalue weighted by Crippen LogP contribution is -2.34. The molecule has 0 bridgehead atoms. The Morgan fingerprint density at radius 1 is 1.17 bits per heavy atom. The Balaban J connectivity index is 1.64. The molecule has 0 amide bonds. The summed E-state index contributed by atoms with van der Waals surface area (Å²) in [4.78, 5) is 17.6. The molecule has 8 heteroatoms. The number of aromatic carboxylic acids is 1. The van der Waals surface area contributed by atoms with Gasteiger partial charge in [-0.05, 0) is 29.8 Å². The molecule has 0 fully saturated rings. The van der Waals surface area contributed by atoms with Crippen molar-refractivity contribution in [3.05, 3.63) is 71.9 Å². The highest BCUT2D eigenvalue weighted by atomic mass is 19.3. The maximum atomic E-state index is 12.7. The van der Waals surface area contributed by atoms with E-state index in [4.69, 9.17) is 5.11 Å². The van der Waals surface area contributed by atoms with E-state index < -0.39 is 12.6 Å². The van der Waals surface area contributed by atoms with E-state index in [9.17, 15) is 13.6 Å². The average Bonchev–Trinajstić information content (AvgIpc) is 2.75. The molecule has 0 unspecified atom stereocenters. The van der Waals surface area contributed by atoms with Crippen LogP contribution in [0.4, 0.5) is 20.3 Å². The number of benzene rings is 2. The van der Waals surface area contributed by atoms with Crippen molar-refractivity contribution in [1.82, 2.24) is 4.98 Å². The van der Waals surface area contributed by atoms with Crippen LogP contribution in [0.25, 0.3) is 11.1 Å². The van der Waals surface area contributed by atoms with Crippen molar-refractivity contribution < 1.29 is 23.4 Å². The number of nitrogens with zero attached hydrogens (tertiary/aromatic N) is 2. The molecule has 0 spiro atoms. The summed E-state index contributed by atoms with van der Waals surface area (Å²) in [5, 5.41) is 12.3. The number of halogens is 2. The van der Waals surface area contributed by atoms with Crippen LogP contribution < -0.4 is 15.0 Å². The summed E-state index contributed by atoms with van der Waals surface area (Å²) in [5.74, 6) is -0.120. The third kappa shape index (κ3) is 4.17. The van der Waals surface area contributed by atoms with Crippen molar-refractivity contribution >= 4 is 17.5 Å². The van der Waals surface area contributed by atoms with Gasteiger partial charge in [-0.1, -0.05) is 30.3 Å². The Kier molecular flexibility index (Phi) is 5.47. The maximum absolute atomic E-state index is 12.7. The number of carboxylic acids is 1. The minimum atomic E-state index is -2.89. The van der Waals surface area contributed by atoms with Gasteiger partial charge in [-0.2, -0.15) is 8.78 Å². The molecule has 0 saturated heterocycles. The molecule has 0 aliphatic carbocycles. The fraction of sp³-hybridized carbons (Fsp3) is 0.182. The molecule has 3 aromatic rings. The summed E-state index contributed by atoms with van der Waals surface area (Å²) in [6.07, 6.45) is 1.72. The fourth-order valence-electron chi connectivity index (χ4n) is 3.44. The lowest BCUT2D eigenvalue weighted by atomic mass is 10.0. The van der Waals surface area contributed by atoms with Crippen molar-refractivity contribution in [2.24, 2.45) is 0 Å². The van der Waals surface area contributed by atoms with Crippen LogP contribution in [-0.2, 0) is 6.54 Å². The number of carbonyl (C=O) groups is 1. The molecule has 2 N–H and O–H groups in total. The molecule has 30 heavy (non-hydrogen) atoms. The van der Waals surface area contributed by atoms with E-state index in [2.05, 4.69) is 19.9 Å². The monoisotopic (exact) mass is 411 g/mol. The minimum absolute atomic E-state index is 0.154. The minimum Gasteiger partial charge on any atom is -0.478 e. The van der Waals surface area contributed by atoms with Gasteiger partial charge in [-0.25, -0.2) is 9.78 Å². The Bertz CT molecular complexity index is 1060. The second-order valence-electron chi connectivity index (χ2n) is 6.81. The number of rotatable bonds is 6. The van der Waals surface area contributed by atoms with E-state index in [-0.39, 0.29) is 11.3 Å². The average molecular weight is 411 g/mol. The van der Waals surface area contributed by atoms with Crippen LogP contribution in [0.3, 0.4) is 0 Å².